The lowest BCUT2D eigenvalue weighted by atomic mass is 10.0. The van der Waals surface area contributed by atoms with Crippen LogP contribution in [-0.4, -0.2) is 86.8 Å². The number of ether oxygens (including phenoxy) is 2. The number of phosphoric ester groups is 1. The third kappa shape index (κ3) is 41.5. The van der Waals surface area contributed by atoms with E-state index in [1.807, 2.05) is 57.6 Å². The summed E-state index contributed by atoms with van der Waals surface area (Å²) in [5.41, 5.74) is 0. The Morgan fingerprint density at radius 1 is 0.661 bits per heavy atom. The molecule has 0 spiro atoms. The molecule has 3 unspecified atom stereocenters. The first kappa shape index (κ1) is 53.9. The van der Waals surface area contributed by atoms with Crippen LogP contribution in [0.2, 0.25) is 0 Å². The molecule has 3 atom stereocenters. The summed E-state index contributed by atoms with van der Waals surface area (Å²) in [6.07, 6.45) is 45.5. The molecular formula is C46H83NO8P+. The average molecular weight is 809 g/mol. The molecule has 0 bridgehead atoms. The van der Waals surface area contributed by atoms with Crippen molar-refractivity contribution in [2.75, 3.05) is 54.1 Å². The van der Waals surface area contributed by atoms with Crippen LogP contribution in [0.3, 0.4) is 0 Å². The van der Waals surface area contributed by atoms with Crippen LogP contribution < -0.4 is 0 Å². The number of hydrogen-bond acceptors (Lipinski definition) is 7. The van der Waals surface area contributed by atoms with Crippen molar-refractivity contribution < 1.29 is 42.4 Å². The van der Waals surface area contributed by atoms with Crippen molar-refractivity contribution >= 4 is 13.8 Å². The Morgan fingerprint density at radius 2 is 1.21 bits per heavy atom. The van der Waals surface area contributed by atoms with Crippen LogP contribution in [0.4, 0.5) is 0 Å². The van der Waals surface area contributed by atoms with E-state index in [1.165, 1.54) is 77.0 Å². The number of rotatable bonds is 39. The van der Waals surface area contributed by atoms with Crippen molar-refractivity contribution in [2.24, 2.45) is 0 Å². The highest BCUT2D eigenvalue weighted by atomic mass is 31.2. The third-order valence-corrected chi connectivity index (χ3v) is 9.86. The largest absolute Gasteiger partial charge is 0.472 e. The van der Waals surface area contributed by atoms with E-state index in [-0.39, 0.29) is 26.2 Å². The van der Waals surface area contributed by atoms with Crippen LogP contribution in [0.15, 0.2) is 72.9 Å². The Kier molecular flexibility index (Phi) is 37.0. The number of quaternary nitrogens is 1. The quantitative estimate of drug-likeness (QED) is 0.0158. The maximum atomic E-state index is 12.7. The molecule has 9 nitrogen and oxygen atoms in total. The molecule has 0 amide bonds. The topological polar surface area (TPSA) is 112 Å². The zero-order valence-electron chi connectivity index (χ0n) is 36.2. The number of allylic oxidation sites excluding steroid dienone is 10. The third-order valence-electron chi connectivity index (χ3n) is 8.88. The molecular weight excluding hydrogens is 725 g/mol. The van der Waals surface area contributed by atoms with E-state index in [2.05, 4.69) is 44.2 Å². The molecule has 0 aromatic carbocycles. The molecule has 0 saturated heterocycles. The van der Waals surface area contributed by atoms with Crippen molar-refractivity contribution in [1.82, 2.24) is 0 Å². The Bertz CT molecular complexity index is 1140. The van der Waals surface area contributed by atoms with Gasteiger partial charge in [-0.05, 0) is 44.9 Å². The molecule has 10 heteroatoms. The van der Waals surface area contributed by atoms with E-state index in [4.69, 9.17) is 18.5 Å². The Hall–Kier alpha value is -2.10. The Morgan fingerprint density at radius 3 is 1.82 bits per heavy atom. The SMILES string of the molecule is CC/C=C\C/C=C\CC(O)/C=C/C=C\C/C=C\C/C=C\CCC(=O)OC(COCCCCCCCCCCCCCCCC)COP(=O)(O)OCC[N+](C)(C)C. The van der Waals surface area contributed by atoms with Gasteiger partial charge in [0.2, 0.25) is 0 Å². The predicted molar refractivity (Wildman–Crippen MR) is 234 cm³/mol. The average Bonchev–Trinajstić information content (AvgIpc) is 3.14. The monoisotopic (exact) mass is 809 g/mol. The first-order valence-electron chi connectivity index (χ1n) is 21.8. The number of carbonyl (C=O) groups excluding carboxylic acids is 1. The molecule has 0 aliphatic rings. The van der Waals surface area contributed by atoms with Crippen molar-refractivity contribution in [3.63, 3.8) is 0 Å². The van der Waals surface area contributed by atoms with Crippen LogP contribution in [0.5, 0.6) is 0 Å². The van der Waals surface area contributed by atoms with Gasteiger partial charge in [-0.15, -0.1) is 0 Å². The molecule has 2 N–H and O–H groups in total. The molecule has 0 saturated carbocycles. The number of esters is 1. The summed E-state index contributed by atoms with van der Waals surface area (Å²) in [5, 5.41) is 10.0. The number of nitrogens with zero attached hydrogens (tertiary/aromatic N) is 1. The van der Waals surface area contributed by atoms with Crippen molar-refractivity contribution in [2.45, 2.75) is 161 Å². The lowest BCUT2D eigenvalue weighted by Crippen LogP contribution is -2.37. The summed E-state index contributed by atoms with van der Waals surface area (Å²) < 4.78 is 34.8. The van der Waals surface area contributed by atoms with Gasteiger partial charge in [0.25, 0.3) is 0 Å². The lowest BCUT2D eigenvalue weighted by Gasteiger charge is -2.24. The molecule has 0 rings (SSSR count). The van der Waals surface area contributed by atoms with Gasteiger partial charge in [0.15, 0.2) is 0 Å². The molecule has 56 heavy (non-hydrogen) atoms. The van der Waals surface area contributed by atoms with Gasteiger partial charge in [0.1, 0.15) is 19.3 Å². The second kappa shape index (κ2) is 38.4. The number of phosphoric acid groups is 1. The van der Waals surface area contributed by atoms with E-state index in [0.717, 1.165) is 38.5 Å². The van der Waals surface area contributed by atoms with E-state index in [0.29, 0.717) is 30.5 Å². The van der Waals surface area contributed by atoms with Crippen LogP contribution in [0.1, 0.15) is 149 Å². The van der Waals surface area contributed by atoms with Gasteiger partial charge in [-0.3, -0.25) is 13.8 Å². The first-order chi connectivity index (χ1) is 27.0. The summed E-state index contributed by atoms with van der Waals surface area (Å²) in [6.45, 7) is 5.30. The minimum Gasteiger partial charge on any atom is -0.457 e. The Labute approximate surface area is 343 Å². The smallest absolute Gasteiger partial charge is 0.457 e. The summed E-state index contributed by atoms with van der Waals surface area (Å²) >= 11 is 0. The molecule has 0 aliphatic carbocycles. The maximum absolute atomic E-state index is 12.7. The minimum atomic E-state index is -4.31. The summed E-state index contributed by atoms with van der Waals surface area (Å²) in [4.78, 5) is 22.8. The molecule has 0 aromatic heterocycles. The molecule has 0 aromatic rings. The second-order valence-electron chi connectivity index (χ2n) is 15.6. The zero-order chi connectivity index (χ0) is 41.4. The number of likely N-dealkylation sites (N-methyl/N-ethyl adjacent to an activating group) is 1. The molecule has 0 heterocycles. The fraction of sp³-hybridized carbons (Fsp3) is 0.717. The Balaban J connectivity index is 4.45. The number of aliphatic hydroxyl groups is 1. The van der Waals surface area contributed by atoms with Crippen LogP contribution >= 0.6 is 7.82 Å². The van der Waals surface area contributed by atoms with Gasteiger partial charge < -0.3 is 24.0 Å². The number of carbonyl (C=O) groups is 1. The summed E-state index contributed by atoms with van der Waals surface area (Å²) in [6, 6.07) is 0. The maximum Gasteiger partial charge on any atom is 0.472 e. The fourth-order valence-corrected chi connectivity index (χ4v) is 6.23. The van der Waals surface area contributed by atoms with Gasteiger partial charge >= 0.3 is 13.8 Å². The van der Waals surface area contributed by atoms with Crippen molar-refractivity contribution in [1.29, 1.82) is 0 Å². The van der Waals surface area contributed by atoms with E-state index in [1.54, 1.807) is 6.08 Å². The van der Waals surface area contributed by atoms with Gasteiger partial charge in [0, 0.05) is 13.0 Å². The van der Waals surface area contributed by atoms with Crippen LogP contribution in [-0.2, 0) is 27.9 Å². The lowest BCUT2D eigenvalue weighted by molar-refractivity contribution is -0.870. The molecule has 0 fully saturated rings. The molecule has 0 aliphatic heterocycles. The van der Waals surface area contributed by atoms with Crippen molar-refractivity contribution in [3.8, 4) is 0 Å². The highest BCUT2D eigenvalue weighted by Crippen LogP contribution is 2.43. The normalized spacial score (nSPS) is 15.1. The summed E-state index contributed by atoms with van der Waals surface area (Å²) in [7, 11) is 1.58. The number of unbranched alkanes of at least 4 members (excludes halogenated alkanes) is 13. The van der Waals surface area contributed by atoms with Gasteiger partial charge in [-0.2, -0.15) is 0 Å². The fourth-order valence-electron chi connectivity index (χ4n) is 5.49. The van der Waals surface area contributed by atoms with Gasteiger partial charge in [0.05, 0.1) is 40.5 Å². The summed E-state index contributed by atoms with van der Waals surface area (Å²) in [5.74, 6) is -0.416. The van der Waals surface area contributed by atoms with Crippen LogP contribution in [0.25, 0.3) is 0 Å². The van der Waals surface area contributed by atoms with Gasteiger partial charge in [-0.1, -0.05) is 170 Å². The highest BCUT2D eigenvalue weighted by Gasteiger charge is 2.26. The van der Waals surface area contributed by atoms with Crippen molar-refractivity contribution in [3.05, 3.63) is 72.9 Å². The van der Waals surface area contributed by atoms with Gasteiger partial charge in [-0.25, -0.2) is 4.57 Å². The minimum absolute atomic E-state index is 0.0636. The van der Waals surface area contributed by atoms with E-state index < -0.39 is 26.0 Å². The first-order valence-corrected chi connectivity index (χ1v) is 23.3. The number of hydrogen-bond donors (Lipinski definition) is 2. The van der Waals surface area contributed by atoms with E-state index in [9.17, 15) is 19.4 Å². The zero-order valence-corrected chi connectivity index (χ0v) is 37.1. The number of aliphatic hydroxyl groups excluding tert-OH is 1. The predicted octanol–water partition coefficient (Wildman–Crippen LogP) is 11.7. The highest BCUT2D eigenvalue weighted by molar-refractivity contribution is 7.47. The van der Waals surface area contributed by atoms with E-state index >= 15 is 0 Å². The molecule has 0 radical (unpaired) electrons. The molecule has 324 valence electrons. The second-order valence-corrected chi connectivity index (χ2v) is 17.0. The standard InChI is InChI=1S/C46H82NO8P/c1-6-8-10-12-14-15-16-17-18-21-24-27-31-35-40-52-42-45(43-54-56(50,51)53-41-39-47(3,4)5)55-46(49)38-34-30-26-23-20-19-22-25-29-33-37-44(48)36-32-28-13-11-9-7-2/h9,11,19-20,25-26,28-30,32-33,37,44-45,48H,6-8,10,12-18,21-24,27,31,34-36,38-43H2,1-5H3/p+1/b11-9-,20-19-,29-25-,30-26-,32-28-,37-33+. The van der Waals surface area contributed by atoms with Crippen LogP contribution in [0, 0.1) is 0 Å².